The third kappa shape index (κ3) is 23.8. The third-order valence-corrected chi connectivity index (χ3v) is 4.54. The van der Waals surface area contributed by atoms with Crippen molar-refractivity contribution in [2.75, 3.05) is 6.54 Å². The Morgan fingerprint density at radius 1 is 0.871 bits per heavy atom. The molecular weight excluding hydrogens is 402 g/mol. The number of amides is 1. The summed E-state index contributed by atoms with van der Waals surface area (Å²) in [6.07, 6.45) is 12.3. The Hall–Kier alpha value is -2.36. The quantitative estimate of drug-likeness (QED) is 0.111. The molecule has 0 spiro atoms. The lowest BCUT2D eigenvalue weighted by Gasteiger charge is -2.08. The highest BCUT2D eigenvalue weighted by molar-refractivity contribution is 5.83. The Balaban J connectivity index is 0. The van der Waals surface area contributed by atoms with Crippen LogP contribution in [-0.2, 0) is 14.4 Å². The molecule has 0 saturated heterocycles. The molecule has 31 heavy (non-hydrogen) atoms. The molecule has 10 nitrogen and oxygen atoms in total. The van der Waals surface area contributed by atoms with Crippen LogP contribution in [0.1, 0.15) is 90.9 Å². The fourth-order valence-electron chi connectivity index (χ4n) is 2.61. The Morgan fingerprint density at radius 2 is 1.39 bits per heavy atom. The molecule has 0 aromatic carbocycles. The first kappa shape index (κ1) is 30.8. The summed E-state index contributed by atoms with van der Waals surface area (Å²) in [6, 6.07) is -1.61. The molecule has 0 aromatic rings. The summed E-state index contributed by atoms with van der Waals surface area (Å²) >= 11 is 0. The van der Waals surface area contributed by atoms with E-state index in [1.807, 2.05) is 0 Å². The number of carbonyl (C=O) groups is 3. The van der Waals surface area contributed by atoms with Gasteiger partial charge in [-0.25, -0.2) is 0 Å². The van der Waals surface area contributed by atoms with Crippen LogP contribution in [0.4, 0.5) is 0 Å². The van der Waals surface area contributed by atoms with Gasteiger partial charge in [0.2, 0.25) is 5.91 Å². The van der Waals surface area contributed by atoms with Crippen LogP contribution in [0.3, 0.4) is 0 Å². The zero-order chi connectivity index (χ0) is 24.1. The van der Waals surface area contributed by atoms with Crippen molar-refractivity contribution in [3.05, 3.63) is 0 Å². The second kappa shape index (κ2) is 20.9. The van der Waals surface area contributed by atoms with Crippen molar-refractivity contribution in [3.63, 3.8) is 0 Å². The van der Waals surface area contributed by atoms with E-state index in [2.05, 4.69) is 17.2 Å². The van der Waals surface area contributed by atoms with Crippen molar-refractivity contribution < 1.29 is 24.6 Å². The van der Waals surface area contributed by atoms with Gasteiger partial charge in [-0.1, -0.05) is 58.3 Å². The van der Waals surface area contributed by atoms with Crippen molar-refractivity contribution in [1.29, 1.82) is 0 Å². The maximum absolute atomic E-state index is 11.4. The predicted molar refractivity (Wildman–Crippen MR) is 123 cm³/mol. The smallest absolute Gasteiger partial charge is 0.325 e. The minimum absolute atomic E-state index is 0.0129. The summed E-state index contributed by atoms with van der Waals surface area (Å²) in [5, 5.41) is 19.5. The molecule has 9 N–H and O–H groups in total. The van der Waals surface area contributed by atoms with Crippen molar-refractivity contribution in [2.45, 2.75) is 103 Å². The standard InChI is InChI=1S/C15H29NO3.C6H14N4O2/c1-3-4-5-6-7-8-9-10-11-12-14(17)16-13(2)15(18)19;7-4(5(11)12)2-1-3-10-6(8)9/h13H,3-12H2,1-2H3,(H,16,17)(H,18,19);4H,1-3,7H2,(H,11,12)(H4,8,9,10). The number of unbranched alkanes of at least 4 members (excludes halogenated alkanes) is 8. The second-order valence-corrected chi connectivity index (χ2v) is 7.60. The molecule has 0 radical (unpaired) electrons. The molecule has 0 saturated carbocycles. The van der Waals surface area contributed by atoms with E-state index in [1.54, 1.807) is 0 Å². The van der Waals surface area contributed by atoms with Gasteiger partial charge in [-0.15, -0.1) is 0 Å². The van der Waals surface area contributed by atoms with Gasteiger partial charge in [0.1, 0.15) is 12.1 Å². The molecule has 0 aliphatic heterocycles. The zero-order valence-corrected chi connectivity index (χ0v) is 19.1. The summed E-state index contributed by atoms with van der Waals surface area (Å²) in [7, 11) is 0. The Morgan fingerprint density at radius 3 is 1.84 bits per heavy atom. The maximum atomic E-state index is 11.4. The number of aliphatic imine (C=N–C) groups is 1. The van der Waals surface area contributed by atoms with Crippen molar-refractivity contribution >= 4 is 23.8 Å². The van der Waals surface area contributed by atoms with E-state index < -0.39 is 24.0 Å². The van der Waals surface area contributed by atoms with Crippen molar-refractivity contribution in [2.24, 2.45) is 22.2 Å². The van der Waals surface area contributed by atoms with Crippen LogP contribution >= 0.6 is 0 Å². The number of carboxylic acid groups (broad SMARTS) is 2. The van der Waals surface area contributed by atoms with E-state index in [9.17, 15) is 14.4 Å². The van der Waals surface area contributed by atoms with E-state index in [-0.39, 0.29) is 11.9 Å². The van der Waals surface area contributed by atoms with Gasteiger partial charge in [0.25, 0.3) is 0 Å². The number of carbonyl (C=O) groups excluding carboxylic acids is 1. The van der Waals surface area contributed by atoms with Gasteiger partial charge in [-0.05, 0) is 26.2 Å². The molecule has 0 fully saturated rings. The summed E-state index contributed by atoms with van der Waals surface area (Å²) in [5.74, 6) is -2.13. The number of hydrogen-bond donors (Lipinski definition) is 6. The molecule has 0 aliphatic carbocycles. The highest BCUT2D eigenvalue weighted by Gasteiger charge is 2.13. The minimum atomic E-state index is -1.00. The van der Waals surface area contributed by atoms with Crippen LogP contribution in [0.2, 0.25) is 0 Å². The van der Waals surface area contributed by atoms with E-state index in [0.29, 0.717) is 25.8 Å². The van der Waals surface area contributed by atoms with Gasteiger partial charge in [0.15, 0.2) is 5.96 Å². The fraction of sp³-hybridized carbons (Fsp3) is 0.810. The SMILES string of the molecule is CCCCCCCCCCCC(=O)NC(C)C(=O)O.NC(N)=NCCCC(N)C(=O)O. The topological polar surface area (TPSA) is 194 Å². The molecule has 0 bridgehead atoms. The number of nitrogens with two attached hydrogens (primary N) is 3. The molecule has 0 aromatic heterocycles. The van der Waals surface area contributed by atoms with E-state index in [0.717, 1.165) is 12.8 Å². The molecule has 1 amide bonds. The summed E-state index contributed by atoms with van der Waals surface area (Å²) in [6.45, 7) is 4.12. The first-order valence-corrected chi connectivity index (χ1v) is 11.2. The monoisotopic (exact) mass is 445 g/mol. The van der Waals surface area contributed by atoms with Gasteiger partial charge in [0, 0.05) is 13.0 Å². The van der Waals surface area contributed by atoms with Gasteiger partial charge in [-0.3, -0.25) is 19.4 Å². The van der Waals surface area contributed by atoms with Crippen LogP contribution in [-0.4, -0.2) is 52.6 Å². The highest BCUT2D eigenvalue weighted by Crippen LogP contribution is 2.10. The molecule has 0 heterocycles. The first-order valence-electron chi connectivity index (χ1n) is 11.2. The maximum Gasteiger partial charge on any atom is 0.325 e. The van der Waals surface area contributed by atoms with Crippen LogP contribution in [0.25, 0.3) is 0 Å². The van der Waals surface area contributed by atoms with Crippen LogP contribution < -0.4 is 22.5 Å². The summed E-state index contributed by atoms with van der Waals surface area (Å²) in [5.41, 5.74) is 15.3. The van der Waals surface area contributed by atoms with Gasteiger partial charge >= 0.3 is 11.9 Å². The highest BCUT2D eigenvalue weighted by atomic mass is 16.4. The van der Waals surface area contributed by atoms with Crippen molar-refractivity contribution in [1.82, 2.24) is 5.32 Å². The van der Waals surface area contributed by atoms with E-state index >= 15 is 0 Å². The number of carboxylic acids is 2. The minimum Gasteiger partial charge on any atom is -0.480 e. The van der Waals surface area contributed by atoms with Gasteiger partial charge in [0.05, 0.1) is 0 Å². The van der Waals surface area contributed by atoms with Gasteiger partial charge < -0.3 is 32.7 Å². The summed E-state index contributed by atoms with van der Waals surface area (Å²) < 4.78 is 0. The average molecular weight is 446 g/mol. The largest absolute Gasteiger partial charge is 0.480 e. The summed E-state index contributed by atoms with van der Waals surface area (Å²) in [4.78, 5) is 35.8. The molecule has 0 aliphatic rings. The number of guanidine groups is 1. The van der Waals surface area contributed by atoms with Crippen LogP contribution in [0.5, 0.6) is 0 Å². The fourth-order valence-corrected chi connectivity index (χ4v) is 2.61. The third-order valence-electron chi connectivity index (χ3n) is 4.54. The van der Waals surface area contributed by atoms with Crippen LogP contribution in [0, 0.1) is 0 Å². The Bertz CT molecular complexity index is 524. The van der Waals surface area contributed by atoms with Crippen LogP contribution in [0.15, 0.2) is 4.99 Å². The van der Waals surface area contributed by atoms with Crippen molar-refractivity contribution in [3.8, 4) is 0 Å². The molecule has 2 unspecified atom stereocenters. The first-order chi connectivity index (χ1) is 14.6. The van der Waals surface area contributed by atoms with Gasteiger partial charge in [-0.2, -0.15) is 0 Å². The lowest BCUT2D eigenvalue weighted by atomic mass is 10.1. The Kier molecular flexibility index (Phi) is 20.8. The van der Waals surface area contributed by atoms with E-state index in [4.69, 9.17) is 27.4 Å². The molecule has 0 rings (SSSR count). The molecular formula is C21H43N5O5. The number of aliphatic carboxylic acids is 2. The average Bonchev–Trinajstić information content (AvgIpc) is 2.69. The second-order valence-electron chi connectivity index (χ2n) is 7.60. The zero-order valence-electron chi connectivity index (χ0n) is 19.1. The number of nitrogens with one attached hydrogen (secondary N) is 1. The molecule has 10 heteroatoms. The Labute approximate surface area is 186 Å². The van der Waals surface area contributed by atoms with E-state index in [1.165, 1.54) is 51.9 Å². The lowest BCUT2D eigenvalue weighted by molar-refractivity contribution is -0.141. The number of hydrogen-bond acceptors (Lipinski definition) is 5. The number of rotatable bonds is 17. The predicted octanol–water partition coefficient (Wildman–Crippen LogP) is 1.95. The molecule has 2 atom stereocenters. The molecule has 182 valence electrons. The number of nitrogens with zero attached hydrogens (tertiary/aromatic N) is 1. The normalized spacial score (nSPS) is 12.1. The lowest BCUT2D eigenvalue weighted by Crippen LogP contribution is -2.38.